The van der Waals surface area contributed by atoms with E-state index in [9.17, 15) is 16.8 Å². The van der Waals surface area contributed by atoms with Crippen LogP contribution in [0.25, 0.3) is 16.3 Å². The van der Waals surface area contributed by atoms with Crippen LogP contribution in [0.1, 0.15) is 11.7 Å². The Hall–Kier alpha value is -2.74. The summed E-state index contributed by atoms with van der Waals surface area (Å²) in [6, 6.07) is 15.4. The summed E-state index contributed by atoms with van der Waals surface area (Å²) in [6.45, 7) is 0. The van der Waals surface area contributed by atoms with E-state index in [0.717, 1.165) is 16.6 Å². The van der Waals surface area contributed by atoms with Crippen molar-refractivity contribution in [3.63, 3.8) is 0 Å². The van der Waals surface area contributed by atoms with Gasteiger partial charge in [0.2, 0.25) is 20.0 Å². The summed E-state index contributed by atoms with van der Waals surface area (Å²) in [5, 5.41) is 14.7. The number of sulfonamides is 2. The third-order valence-electron chi connectivity index (χ3n) is 5.03. The van der Waals surface area contributed by atoms with Gasteiger partial charge in [-0.3, -0.25) is 0 Å². The maximum Gasteiger partial charge on any atom is 0.244 e. The second kappa shape index (κ2) is 7.94. The van der Waals surface area contributed by atoms with Gasteiger partial charge in [0.25, 0.3) is 0 Å². The lowest BCUT2D eigenvalue weighted by molar-refractivity contribution is 0.562. The summed E-state index contributed by atoms with van der Waals surface area (Å²) < 4.78 is 54.0. The minimum Gasteiger partial charge on any atom is -0.364 e. The molecule has 2 aromatic heterocycles. The van der Waals surface area contributed by atoms with E-state index >= 15 is 0 Å². The number of fused-ring (bicyclic) bond motifs is 1. The first kappa shape index (κ1) is 22.1. The fraction of sp³-hybridized carbons (Fsp3) is 0.0500. The summed E-state index contributed by atoms with van der Waals surface area (Å²) in [4.78, 5) is 0.124. The molecule has 33 heavy (non-hydrogen) atoms. The lowest BCUT2D eigenvalue weighted by atomic mass is 10.1. The molecule has 1 aliphatic rings. The first-order chi connectivity index (χ1) is 15.6. The first-order valence-corrected chi connectivity index (χ1v) is 13.8. The van der Waals surface area contributed by atoms with Crippen LogP contribution in [0.5, 0.6) is 0 Å². The van der Waals surface area contributed by atoms with Crippen molar-refractivity contribution in [1.82, 2.24) is 14.5 Å². The van der Waals surface area contributed by atoms with Crippen molar-refractivity contribution < 1.29 is 16.8 Å². The van der Waals surface area contributed by atoms with Gasteiger partial charge in [0.15, 0.2) is 0 Å². The van der Waals surface area contributed by atoms with Crippen molar-refractivity contribution in [2.24, 2.45) is 5.14 Å². The number of anilines is 1. The Bertz CT molecular complexity index is 1570. The molecule has 1 unspecified atom stereocenters. The minimum absolute atomic E-state index is 0.153. The van der Waals surface area contributed by atoms with Crippen LogP contribution in [-0.4, -0.2) is 26.6 Å². The van der Waals surface area contributed by atoms with Crippen molar-refractivity contribution in [2.45, 2.75) is 16.0 Å². The Morgan fingerprint density at radius 3 is 2.55 bits per heavy atom. The van der Waals surface area contributed by atoms with Gasteiger partial charge in [-0.1, -0.05) is 35.9 Å². The van der Waals surface area contributed by atoms with Gasteiger partial charge in [0.1, 0.15) is 21.7 Å². The van der Waals surface area contributed by atoms with Crippen LogP contribution in [-0.2, 0) is 20.0 Å². The number of halogens is 1. The molecule has 9 nitrogen and oxygen atoms in total. The Labute approximate surface area is 198 Å². The van der Waals surface area contributed by atoms with E-state index in [0.29, 0.717) is 11.3 Å². The van der Waals surface area contributed by atoms with Crippen molar-refractivity contribution in [3.05, 3.63) is 76.8 Å². The Balaban J connectivity index is 1.64. The van der Waals surface area contributed by atoms with Gasteiger partial charge in [-0.15, -0.1) is 11.3 Å². The zero-order valence-electron chi connectivity index (χ0n) is 16.6. The molecule has 0 saturated carbocycles. The molecule has 5 rings (SSSR count). The smallest absolute Gasteiger partial charge is 0.244 e. The van der Waals surface area contributed by atoms with Crippen LogP contribution in [0.2, 0.25) is 5.02 Å². The number of para-hydroxylation sites is 1. The van der Waals surface area contributed by atoms with Gasteiger partial charge in [-0.2, -0.15) is 9.82 Å². The highest BCUT2D eigenvalue weighted by Gasteiger charge is 2.34. The van der Waals surface area contributed by atoms with Crippen LogP contribution in [0.4, 0.5) is 5.69 Å². The minimum atomic E-state index is -4.21. The number of thiophene rings is 1. The highest BCUT2D eigenvalue weighted by molar-refractivity contribution is 7.90. The molecular formula is C20H16ClN5O4S3. The number of nitrogens with two attached hydrogens (primary N) is 1. The lowest BCUT2D eigenvalue weighted by Gasteiger charge is -2.28. The second-order valence-electron chi connectivity index (χ2n) is 7.21. The fourth-order valence-electron chi connectivity index (χ4n) is 3.55. The molecule has 170 valence electrons. The highest BCUT2D eigenvalue weighted by atomic mass is 35.5. The molecule has 4 aromatic rings. The van der Waals surface area contributed by atoms with Crippen molar-refractivity contribution in [2.75, 3.05) is 5.32 Å². The van der Waals surface area contributed by atoms with Gasteiger partial charge in [0.05, 0.1) is 21.3 Å². The molecule has 4 N–H and O–H groups in total. The van der Waals surface area contributed by atoms with Crippen molar-refractivity contribution in [1.29, 1.82) is 0 Å². The molecule has 1 aliphatic heterocycles. The van der Waals surface area contributed by atoms with E-state index in [4.69, 9.17) is 21.8 Å². The van der Waals surface area contributed by atoms with Crippen molar-refractivity contribution in [3.8, 4) is 16.3 Å². The van der Waals surface area contributed by atoms with E-state index in [1.807, 2.05) is 47.8 Å². The predicted octanol–water partition coefficient (Wildman–Crippen LogP) is 3.30. The summed E-state index contributed by atoms with van der Waals surface area (Å²) >= 11 is 7.57. The van der Waals surface area contributed by atoms with Gasteiger partial charge in [-0.05, 0) is 35.7 Å². The van der Waals surface area contributed by atoms with Gasteiger partial charge < -0.3 is 5.32 Å². The van der Waals surface area contributed by atoms with E-state index in [-0.39, 0.29) is 15.6 Å². The molecule has 0 saturated heterocycles. The Morgan fingerprint density at radius 1 is 1.12 bits per heavy atom. The zero-order chi connectivity index (χ0) is 23.4. The van der Waals surface area contributed by atoms with Gasteiger partial charge in [-0.25, -0.2) is 26.7 Å². The first-order valence-electron chi connectivity index (χ1n) is 9.47. The topological polar surface area (TPSA) is 136 Å². The average molecular weight is 522 g/mol. The standard InChI is InChI=1S/C20H16ClN5O4S3/c21-14-9-15-18(10-17(14)32(22,27)28)33(29,30)25-20(23-15)13-11-26(12-5-2-1-3-6-12)24-19(13)16-7-4-8-31-16/h1-11,20,23,25H,(H2,22,27,28). The normalized spacial score (nSPS) is 17.3. The van der Waals surface area contributed by atoms with Gasteiger partial charge >= 0.3 is 0 Å². The summed E-state index contributed by atoms with van der Waals surface area (Å²) in [6.07, 6.45) is 0.865. The van der Waals surface area contributed by atoms with E-state index in [2.05, 4.69) is 10.0 Å². The zero-order valence-corrected chi connectivity index (χ0v) is 19.8. The monoisotopic (exact) mass is 521 g/mol. The van der Waals surface area contributed by atoms with Crippen LogP contribution in [0.3, 0.4) is 0 Å². The number of primary sulfonamides is 1. The summed E-state index contributed by atoms with van der Waals surface area (Å²) in [7, 11) is -8.32. The number of rotatable bonds is 4. The van der Waals surface area contributed by atoms with Crippen LogP contribution >= 0.6 is 22.9 Å². The fourth-order valence-corrected chi connectivity index (χ4v) is 6.76. The van der Waals surface area contributed by atoms with Crippen LogP contribution < -0.4 is 15.2 Å². The molecule has 13 heteroatoms. The van der Waals surface area contributed by atoms with E-state index in [1.54, 1.807) is 10.9 Å². The number of benzene rings is 2. The third-order valence-corrected chi connectivity index (χ3v) is 8.75. The molecule has 0 fully saturated rings. The Morgan fingerprint density at radius 2 is 1.88 bits per heavy atom. The number of nitrogens with one attached hydrogen (secondary N) is 2. The SMILES string of the molecule is NS(=O)(=O)c1cc2c(cc1Cl)NC(c1cn(-c3ccccc3)nc1-c1cccs1)NS2(=O)=O. The van der Waals surface area contributed by atoms with Crippen LogP contribution in [0, 0.1) is 0 Å². The van der Waals surface area contributed by atoms with E-state index in [1.165, 1.54) is 17.4 Å². The summed E-state index contributed by atoms with van der Waals surface area (Å²) in [5.41, 5.74) is 2.15. The largest absolute Gasteiger partial charge is 0.364 e. The molecular weight excluding hydrogens is 506 g/mol. The van der Waals surface area contributed by atoms with Crippen molar-refractivity contribution >= 4 is 48.7 Å². The van der Waals surface area contributed by atoms with E-state index < -0.39 is 31.1 Å². The highest BCUT2D eigenvalue weighted by Crippen LogP contribution is 2.39. The molecule has 0 aliphatic carbocycles. The average Bonchev–Trinajstić information content (AvgIpc) is 3.42. The molecule has 0 radical (unpaired) electrons. The number of aromatic nitrogens is 2. The Kier molecular flexibility index (Phi) is 5.31. The molecule has 1 atom stereocenters. The summed E-state index contributed by atoms with van der Waals surface area (Å²) in [5.74, 6) is 0. The van der Waals surface area contributed by atoms with Crippen LogP contribution in [0.15, 0.2) is 76.0 Å². The second-order valence-corrected chi connectivity index (χ2v) is 11.8. The molecule has 3 heterocycles. The molecule has 0 spiro atoms. The maximum absolute atomic E-state index is 13.1. The quantitative estimate of drug-likeness (QED) is 0.377. The number of hydrogen-bond acceptors (Lipinski definition) is 7. The maximum atomic E-state index is 13.1. The molecule has 2 aromatic carbocycles. The molecule has 0 bridgehead atoms. The van der Waals surface area contributed by atoms with Gasteiger partial charge in [0, 0.05) is 11.8 Å². The lowest BCUT2D eigenvalue weighted by Crippen LogP contribution is -2.38. The predicted molar refractivity (Wildman–Crippen MR) is 126 cm³/mol. The number of hydrogen-bond donors (Lipinski definition) is 3. The molecule has 0 amide bonds. The number of nitrogens with zero attached hydrogens (tertiary/aromatic N) is 2. The third kappa shape index (κ3) is 4.05.